The number of fused-ring (bicyclic) bond motifs is 3. The predicted octanol–water partition coefficient (Wildman–Crippen LogP) is 4.80. The molecular weight excluding hydrogens is 304 g/mol. The van der Waals surface area contributed by atoms with Gasteiger partial charge in [0.2, 0.25) is 5.69 Å². The first-order valence-electron chi connectivity index (χ1n) is 10.1. The molecule has 1 aliphatic rings. The molecule has 126 valence electrons. The third-order valence-corrected chi connectivity index (χ3v) is 5.47. The van der Waals surface area contributed by atoms with Crippen molar-refractivity contribution in [1.82, 2.24) is 4.98 Å². The maximum Gasteiger partial charge on any atom is 0.213 e. The SMILES string of the molecule is [2H]C([2H])([2H])c1c[n+](C)c(-c2c(C)ccc3c2C(C)(C)c2ncccc2-3)cc1C. The Labute approximate surface area is 154 Å². The van der Waals surface area contributed by atoms with Crippen molar-refractivity contribution in [1.29, 1.82) is 0 Å². The Kier molecular flexibility index (Phi) is 2.70. The highest BCUT2D eigenvalue weighted by molar-refractivity contribution is 5.87. The highest BCUT2D eigenvalue weighted by Crippen LogP contribution is 2.51. The average molecular weight is 332 g/mol. The molecule has 4 rings (SSSR count). The van der Waals surface area contributed by atoms with Crippen LogP contribution in [0.25, 0.3) is 22.4 Å². The first-order valence-corrected chi connectivity index (χ1v) is 8.64. The van der Waals surface area contributed by atoms with Gasteiger partial charge in [-0.2, -0.15) is 0 Å². The fraction of sp³-hybridized carbons (Fsp3) is 0.304. The van der Waals surface area contributed by atoms with E-state index in [-0.39, 0.29) is 5.41 Å². The number of hydrogen-bond acceptors (Lipinski definition) is 1. The highest BCUT2D eigenvalue weighted by Gasteiger charge is 2.40. The van der Waals surface area contributed by atoms with E-state index in [9.17, 15) is 0 Å². The maximum atomic E-state index is 7.81. The lowest BCUT2D eigenvalue weighted by Gasteiger charge is -2.23. The molecule has 0 fully saturated rings. The Morgan fingerprint density at radius 3 is 2.60 bits per heavy atom. The standard InChI is InChI=1S/C23H25N2/c1-14-9-10-17-18-8-7-11-24-22(18)23(4,5)21(17)20(14)19-12-15(2)16(3)13-25(19)6/h7-13H,1-6H3/q+1/i3D3. The summed E-state index contributed by atoms with van der Waals surface area (Å²) in [4.78, 5) is 4.70. The van der Waals surface area contributed by atoms with Crippen LogP contribution in [0.4, 0.5) is 0 Å². The minimum atomic E-state index is -2.12. The van der Waals surface area contributed by atoms with Crippen LogP contribution in [0.3, 0.4) is 0 Å². The Morgan fingerprint density at radius 2 is 1.84 bits per heavy atom. The van der Waals surface area contributed by atoms with Crippen molar-refractivity contribution in [2.75, 3.05) is 0 Å². The quantitative estimate of drug-likeness (QED) is 0.585. The van der Waals surface area contributed by atoms with Crippen LogP contribution in [0.5, 0.6) is 0 Å². The first-order chi connectivity index (χ1) is 13.0. The average Bonchev–Trinajstić information content (AvgIpc) is 2.84. The van der Waals surface area contributed by atoms with Gasteiger partial charge in [-0.3, -0.25) is 4.98 Å². The summed E-state index contributed by atoms with van der Waals surface area (Å²) < 4.78 is 25.4. The van der Waals surface area contributed by atoms with Crippen molar-refractivity contribution < 1.29 is 8.68 Å². The number of pyridine rings is 2. The fourth-order valence-corrected chi connectivity index (χ4v) is 4.15. The fourth-order valence-electron chi connectivity index (χ4n) is 4.15. The molecule has 0 spiro atoms. The minimum Gasteiger partial charge on any atom is -0.260 e. The number of aromatic nitrogens is 2. The van der Waals surface area contributed by atoms with E-state index in [0.29, 0.717) is 5.56 Å². The van der Waals surface area contributed by atoms with Crippen molar-refractivity contribution in [3.05, 3.63) is 70.7 Å². The summed E-state index contributed by atoms with van der Waals surface area (Å²) in [5, 5.41) is 0. The summed E-state index contributed by atoms with van der Waals surface area (Å²) >= 11 is 0. The molecule has 3 aromatic rings. The molecule has 2 heteroatoms. The van der Waals surface area contributed by atoms with Gasteiger partial charge in [-0.15, -0.1) is 0 Å². The number of nitrogens with zero attached hydrogens (tertiary/aromatic N) is 2. The second kappa shape index (κ2) is 5.26. The summed E-state index contributed by atoms with van der Waals surface area (Å²) in [5.74, 6) is 0. The van der Waals surface area contributed by atoms with E-state index in [1.165, 1.54) is 27.8 Å². The molecule has 0 aliphatic heterocycles. The van der Waals surface area contributed by atoms with Crippen molar-refractivity contribution in [2.45, 2.75) is 40.0 Å². The van der Waals surface area contributed by atoms with Gasteiger partial charge in [0.1, 0.15) is 7.05 Å². The monoisotopic (exact) mass is 332 g/mol. The van der Waals surface area contributed by atoms with Gasteiger partial charge >= 0.3 is 0 Å². The summed E-state index contributed by atoms with van der Waals surface area (Å²) in [5.41, 5.74) is 9.09. The Bertz CT molecular complexity index is 1110. The van der Waals surface area contributed by atoms with E-state index < -0.39 is 6.85 Å². The van der Waals surface area contributed by atoms with Crippen molar-refractivity contribution in [2.24, 2.45) is 7.05 Å². The summed E-state index contributed by atoms with van der Waals surface area (Å²) in [6.07, 6.45) is 3.61. The molecule has 0 radical (unpaired) electrons. The van der Waals surface area contributed by atoms with Crippen LogP contribution < -0.4 is 4.57 Å². The van der Waals surface area contributed by atoms with Crippen LogP contribution in [0.15, 0.2) is 42.7 Å². The zero-order chi connectivity index (χ0) is 20.4. The molecule has 0 bridgehead atoms. The van der Waals surface area contributed by atoms with E-state index >= 15 is 0 Å². The summed E-state index contributed by atoms with van der Waals surface area (Å²) in [6.45, 7) is 6.32. The predicted molar refractivity (Wildman–Crippen MR) is 103 cm³/mol. The Morgan fingerprint density at radius 1 is 1.04 bits per heavy atom. The summed E-state index contributed by atoms with van der Waals surface area (Å²) in [7, 11) is 1.93. The third-order valence-electron chi connectivity index (χ3n) is 5.47. The molecule has 0 atom stereocenters. The van der Waals surface area contributed by atoms with Crippen LogP contribution in [-0.2, 0) is 12.5 Å². The lowest BCUT2D eigenvalue weighted by Crippen LogP contribution is -2.32. The van der Waals surface area contributed by atoms with E-state index in [1.807, 2.05) is 36.9 Å². The largest absolute Gasteiger partial charge is 0.260 e. The van der Waals surface area contributed by atoms with Crippen LogP contribution in [0.1, 0.15) is 45.9 Å². The Hall–Kier alpha value is -2.48. The number of rotatable bonds is 1. The number of benzene rings is 1. The van der Waals surface area contributed by atoms with Gasteiger partial charge in [-0.1, -0.05) is 32.0 Å². The lowest BCUT2D eigenvalue weighted by molar-refractivity contribution is -0.660. The molecule has 1 aliphatic carbocycles. The molecule has 25 heavy (non-hydrogen) atoms. The van der Waals surface area contributed by atoms with Crippen molar-refractivity contribution in [3.63, 3.8) is 0 Å². The minimum absolute atomic E-state index is 0.225. The van der Waals surface area contributed by atoms with Crippen LogP contribution in [0.2, 0.25) is 0 Å². The van der Waals surface area contributed by atoms with E-state index in [4.69, 9.17) is 9.10 Å². The van der Waals surface area contributed by atoms with Gasteiger partial charge in [0.25, 0.3) is 0 Å². The maximum absolute atomic E-state index is 7.81. The number of hydrogen-bond donors (Lipinski definition) is 0. The molecule has 1 aromatic carbocycles. The van der Waals surface area contributed by atoms with E-state index in [2.05, 4.69) is 39.0 Å². The van der Waals surface area contributed by atoms with Crippen LogP contribution in [0, 0.1) is 20.7 Å². The molecule has 0 amide bonds. The molecule has 0 unspecified atom stereocenters. The molecule has 2 heterocycles. The van der Waals surface area contributed by atoms with Gasteiger partial charge < -0.3 is 0 Å². The van der Waals surface area contributed by atoms with E-state index in [1.54, 1.807) is 6.20 Å². The summed E-state index contributed by atoms with van der Waals surface area (Å²) in [6, 6.07) is 10.5. The highest BCUT2D eigenvalue weighted by atomic mass is 14.9. The van der Waals surface area contributed by atoms with Gasteiger partial charge in [-0.25, -0.2) is 4.57 Å². The number of aryl methyl sites for hydroxylation is 4. The lowest BCUT2D eigenvalue weighted by atomic mass is 9.80. The zero-order valence-corrected chi connectivity index (χ0v) is 15.4. The van der Waals surface area contributed by atoms with Crippen LogP contribution in [-0.4, -0.2) is 4.98 Å². The molecule has 2 nitrogen and oxygen atoms in total. The molecule has 2 aromatic heterocycles. The van der Waals surface area contributed by atoms with Gasteiger partial charge in [0.05, 0.1) is 11.3 Å². The first kappa shape index (κ1) is 12.8. The van der Waals surface area contributed by atoms with Gasteiger partial charge in [0.15, 0.2) is 6.20 Å². The zero-order valence-electron chi connectivity index (χ0n) is 18.4. The topological polar surface area (TPSA) is 16.8 Å². The second-order valence-corrected chi connectivity index (χ2v) is 7.57. The molecule has 0 N–H and O–H groups in total. The molecule has 0 saturated carbocycles. The van der Waals surface area contributed by atoms with Gasteiger partial charge in [0, 0.05) is 32.9 Å². The molecule has 0 saturated heterocycles. The third kappa shape index (κ3) is 2.17. The van der Waals surface area contributed by atoms with Crippen molar-refractivity contribution >= 4 is 0 Å². The Balaban J connectivity index is 2.04. The normalized spacial score (nSPS) is 16.6. The van der Waals surface area contributed by atoms with Crippen LogP contribution >= 0.6 is 0 Å². The molecular formula is C23H25N2+. The smallest absolute Gasteiger partial charge is 0.213 e. The van der Waals surface area contributed by atoms with E-state index in [0.717, 1.165) is 17.0 Å². The second-order valence-electron chi connectivity index (χ2n) is 7.57. The van der Waals surface area contributed by atoms with Gasteiger partial charge in [-0.05, 0) is 49.0 Å². The van der Waals surface area contributed by atoms with Crippen molar-refractivity contribution in [3.8, 4) is 22.4 Å².